The van der Waals surface area contributed by atoms with Crippen LogP contribution in [0.5, 0.6) is 0 Å². The van der Waals surface area contributed by atoms with Crippen molar-refractivity contribution in [1.29, 1.82) is 5.26 Å². The monoisotopic (exact) mass is 424 g/mol. The number of nitriles is 1. The third kappa shape index (κ3) is 4.66. The van der Waals surface area contributed by atoms with Gasteiger partial charge in [0.15, 0.2) is 5.82 Å². The number of aromatic nitrogens is 1. The second-order valence-electron chi connectivity index (χ2n) is 6.26. The molecule has 0 fully saturated rings. The number of benzene rings is 1. The van der Waals surface area contributed by atoms with Crippen LogP contribution in [-0.4, -0.2) is 29.4 Å². The predicted octanol–water partition coefficient (Wildman–Crippen LogP) is 4.47. The van der Waals surface area contributed by atoms with Crippen molar-refractivity contribution in [3.05, 3.63) is 69.6 Å². The summed E-state index contributed by atoms with van der Waals surface area (Å²) in [5, 5.41) is 23.0. The van der Waals surface area contributed by atoms with Crippen molar-refractivity contribution in [1.82, 2.24) is 4.98 Å². The molecule has 0 saturated carbocycles. The lowest BCUT2D eigenvalue weighted by Crippen LogP contribution is -2.03. The van der Waals surface area contributed by atoms with Crippen molar-refractivity contribution >= 4 is 29.6 Å². The van der Waals surface area contributed by atoms with Crippen LogP contribution in [-0.2, 0) is 11.3 Å². The van der Waals surface area contributed by atoms with E-state index in [-0.39, 0.29) is 12.2 Å². The number of aromatic carboxylic acids is 1. The number of nitrogens with zero attached hydrogens (tertiary/aromatic N) is 3. The van der Waals surface area contributed by atoms with E-state index in [1.165, 1.54) is 24.4 Å². The summed E-state index contributed by atoms with van der Waals surface area (Å²) in [6, 6.07) is 11.6. The summed E-state index contributed by atoms with van der Waals surface area (Å²) >= 11 is 6.17. The molecule has 9 heteroatoms. The fourth-order valence-electron chi connectivity index (χ4n) is 2.79. The Labute approximate surface area is 177 Å². The van der Waals surface area contributed by atoms with Gasteiger partial charge in [-0.05, 0) is 43.3 Å². The number of nitrogens with one attached hydrogen (secondary N) is 1. The number of hydrogen-bond donors (Lipinski definition) is 2. The first kappa shape index (κ1) is 21.0. The van der Waals surface area contributed by atoms with Crippen LogP contribution in [0, 0.1) is 18.3 Å². The number of carbonyl (C=O) groups is 1. The minimum atomic E-state index is -1.06. The summed E-state index contributed by atoms with van der Waals surface area (Å²) in [5.41, 5.74) is 5.08. The van der Waals surface area contributed by atoms with E-state index in [0.29, 0.717) is 44.7 Å². The van der Waals surface area contributed by atoms with Crippen LogP contribution >= 0.6 is 11.6 Å². The van der Waals surface area contributed by atoms with Gasteiger partial charge in [-0.2, -0.15) is 10.4 Å². The van der Waals surface area contributed by atoms with E-state index in [1.54, 1.807) is 25.3 Å². The molecular formula is C21H17ClN4O4. The smallest absolute Gasteiger partial charge is 0.335 e. The zero-order chi connectivity index (χ0) is 21.7. The molecule has 0 unspecified atom stereocenters. The highest BCUT2D eigenvalue weighted by Gasteiger charge is 2.13. The average Bonchev–Trinajstić information content (AvgIpc) is 3.17. The van der Waals surface area contributed by atoms with Gasteiger partial charge < -0.3 is 14.3 Å². The van der Waals surface area contributed by atoms with Gasteiger partial charge in [0.1, 0.15) is 23.2 Å². The number of furan rings is 1. The molecule has 0 amide bonds. The number of aryl methyl sites for hydroxylation is 1. The van der Waals surface area contributed by atoms with Crippen molar-refractivity contribution in [3.8, 4) is 17.4 Å². The number of halogens is 1. The van der Waals surface area contributed by atoms with Crippen LogP contribution in [0.4, 0.5) is 5.82 Å². The second-order valence-corrected chi connectivity index (χ2v) is 6.67. The van der Waals surface area contributed by atoms with Crippen LogP contribution in [0.3, 0.4) is 0 Å². The highest BCUT2D eigenvalue weighted by Crippen LogP contribution is 2.30. The Balaban J connectivity index is 1.82. The fraction of sp³-hybridized carbons (Fsp3) is 0.143. The molecule has 2 N–H and O–H groups in total. The maximum atomic E-state index is 11.2. The Bertz CT molecular complexity index is 1160. The van der Waals surface area contributed by atoms with E-state index in [0.717, 1.165) is 0 Å². The Morgan fingerprint density at radius 2 is 2.20 bits per heavy atom. The van der Waals surface area contributed by atoms with E-state index in [4.69, 9.17) is 25.9 Å². The van der Waals surface area contributed by atoms with Gasteiger partial charge in [0.05, 0.1) is 23.4 Å². The van der Waals surface area contributed by atoms with E-state index in [9.17, 15) is 10.1 Å². The maximum Gasteiger partial charge on any atom is 0.335 e. The number of carboxylic acid groups (broad SMARTS) is 1. The van der Waals surface area contributed by atoms with E-state index < -0.39 is 5.97 Å². The third-order valence-electron chi connectivity index (χ3n) is 4.11. The summed E-state index contributed by atoms with van der Waals surface area (Å²) < 4.78 is 10.8. The zero-order valence-electron chi connectivity index (χ0n) is 16.1. The van der Waals surface area contributed by atoms with E-state index in [1.807, 2.05) is 6.92 Å². The van der Waals surface area contributed by atoms with E-state index in [2.05, 4.69) is 21.6 Å². The van der Waals surface area contributed by atoms with Crippen molar-refractivity contribution < 1.29 is 19.1 Å². The largest absolute Gasteiger partial charge is 0.478 e. The molecule has 0 aliphatic carbocycles. The molecule has 0 saturated heterocycles. The molecule has 2 aromatic heterocycles. The fourth-order valence-corrected chi connectivity index (χ4v) is 3.00. The van der Waals surface area contributed by atoms with Gasteiger partial charge in [-0.25, -0.2) is 9.78 Å². The first-order chi connectivity index (χ1) is 14.4. The molecule has 30 heavy (non-hydrogen) atoms. The third-order valence-corrected chi connectivity index (χ3v) is 4.44. The standard InChI is InChI=1S/C21H17ClN4O4/c1-12-7-14(11-29-2)17(9-23)20(25-12)26-24-10-15-4-6-19(30-15)16-8-13(21(27)28)3-5-18(16)22/h3-8,10H,11H2,1-2H3,(H,25,26)(H,27,28)/b24-10-. The van der Waals surface area contributed by atoms with Gasteiger partial charge in [-0.3, -0.25) is 5.43 Å². The Morgan fingerprint density at radius 3 is 2.90 bits per heavy atom. The number of methoxy groups -OCH3 is 1. The quantitative estimate of drug-likeness (QED) is 0.424. The lowest BCUT2D eigenvalue weighted by Gasteiger charge is -2.08. The van der Waals surface area contributed by atoms with E-state index >= 15 is 0 Å². The van der Waals surface area contributed by atoms with Crippen molar-refractivity contribution in [3.63, 3.8) is 0 Å². The Hall–Kier alpha value is -3.67. The highest BCUT2D eigenvalue weighted by molar-refractivity contribution is 6.33. The van der Waals surface area contributed by atoms with Gasteiger partial charge >= 0.3 is 5.97 Å². The maximum absolute atomic E-state index is 11.2. The topological polar surface area (TPSA) is 121 Å². The minimum Gasteiger partial charge on any atom is -0.478 e. The second kappa shape index (κ2) is 9.22. The molecule has 1 aromatic carbocycles. The number of pyridine rings is 1. The van der Waals surface area contributed by atoms with Crippen molar-refractivity contribution in [2.24, 2.45) is 5.10 Å². The molecule has 0 radical (unpaired) electrons. The highest BCUT2D eigenvalue weighted by atomic mass is 35.5. The van der Waals surface area contributed by atoms with Gasteiger partial charge in [0.2, 0.25) is 0 Å². The number of hydrazone groups is 1. The molecule has 3 aromatic rings. The molecule has 2 heterocycles. The number of rotatable bonds is 7. The molecule has 152 valence electrons. The lowest BCUT2D eigenvalue weighted by molar-refractivity contribution is 0.0697. The summed E-state index contributed by atoms with van der Waals surface area (Å²) in [6.45, 7) is 2.09. The van der Waals surface area contributed by atoms with Crippen LogP contribution in [0.2, 0.25) is 5.02 Å². The van der Waals surface area contributed by atoms with Crippen LogP contribution in [0.1, 0.15) is 32.9 Å². The molecule has 3 rings (SSSR count). The molecular weight excluding hydrogens is 408 g/mol. The molecule has 0 spiro atoms. The van der Waals surface area contributed by atoms with Crippen molar-refractivity contribution in [2.75, 3.05) is 12.5 Å². The van der Waals surface area contributed by atoms with Crippen LogP contribution in [0.15, 0.2) is 45.9 Å². The summed E-state index contributed by atoms with van der Waals surface area (Å²) in [7, 11) is 1.55. The van der Waals surface area contributed by atoms with Gasteiger partial charge in [0, 0.05) is 23.9 Å². The SMILES string of the molecule is COCc1cc(C)nc(N/N=C\c2ccc(-c3cc(C(=O)O)ccc3Cl)o2)c1C#N. The summed E-state index contributed by atoms with van der Waals surface area (Å²) in [6.07, 6.45) is 1.42. The normalized spacial score (nSPS) is 10.9. The minimum absolute atomic E-state index is 0.101. The first-order valence-electron chi connectivity index (χ1n) is 8.74. The molecule has 0 atom stereocenters. The Morgan fingerprint density at radius 1 is 1.40 bits per heavy atom. The lowest BCUT2D eigenvalue weighted by atomic mass is 10.1. The number of ether oxygens (including phenoxy) is 1. The molecule has 0 bridgehead atoms. The number of carboxylic acids is 1. The first-order valence-corrected chi connectivity index (χ1v) is 9.12. The average molecular weight is 425 g/mol. The van der Waals surface area contributed by atoms with Crippen LogP contribution in [0.25, 0.3) is 11.3 Å². The number of hydrogen-bond acceptors (Lipinski definition) is 7. The summed E-state index contributed by atoms with van der Waals surface area (Å²) in [4.78, 5) is 15.5. The zero-order valence-corrected chi connectivity index (χ0v) is 16.9. The molecule has 8 nitrogen and oxygen atoms in total. The predicted molar refractivity (Wildman–Crippen MR) is 112 cm³/mol. The van der Waals surface area contributed by atoms with Crippen molar-refractivity contribution in [2.45, 2.75) is 13.5 Å². The van der Waals surface area contributed by atoms with Gasteiger partial charge in [-0.15, -0.1) is 0 Å². The summed E-state index contributed by atoms with van der Waals surface area (Å²) in [5.74, 6) is 0.0536. The molecule has 0 aliphatic heterocycles. The van der Waals surface area contributed by atoms with Gasteiger partial charge in [-0.1, -0.05) is 11.6 Å². The molecule has 0 aliphatic rings. The van der Waals surface area contributed by atoms with Crippen LogP contribution < -0.4 is 5.43 Å². The van der Waals surface area contributed by atoms with Gasteiger partial charge in [0.25, 0.3) is 0 Å². The number of anilines is 1. The Kier molecular flexibility index (Phi) is 6.47.